The minimum absolute atomic E-state index is 0.857. The maximum Gasteiger partial charge on any atom is 0.133 e. The van der Waals surface area contributed by atoms with Crippen LogP contribution < -0.4 is 10.2 Å². The monoisotopic (exact) mass is 239 g/mol. The van der Waals surface area contributed by atoms with Crippen LogP contribution in [0.5, 0.6) is 0 Å². The molecule has 2 aromatic rings. The zero-order valence-electron chi connectivity index (χ0n) is 10.6. The van der Waals surface area contributed by atoms with Gasteiger partial charge in [0.15, 0.2) is 0 Å². The van der Waals surface area contributed by atoms with E-state index in [2.05, 4.69) is 45.5 Å². The van der Waals surface area contributed by atoms with Crippen LogP contribution in [-0.2, 0) is 19.6 Å². The molecule has 0 fully saturated rings. The number of aromatic nitrogens is 1. The molecule has 1 N–H and O–H groups in total. The van der Waals surface area contributed by atoms with Crippen molar-refractivity contribution in [1.82, 2.24) is 10.3 Å². The third kappa shape index (κ3) is 1.97. The molecule has 3 heteroatoms. The second-order valence-corrected chi connectivity index (χ2v) is 4.64. The Morgan fingerprint density at radius 1 is 1.11 bits per heavy atom. The normalized spacial score (nSPS) is 13.7. The number of hydrogen-bond acceptors (Lipinski definition) is 3. The fourth-order valence-electron chi connectivity index (χ4n) is 2.53. The molecule has 1 aliphatic heterocycles. The van der Waals surface area contributed by atoms with Gasteiger partial charge in [0, 0.05) is 31.4 Å². The van der Waals surface area contributed by atoms with E-state index in [9.17, 15) is 0 Å². The van der Waals surface area contributed by atoms with Crippen LogP contribution >= 0.6 is 0 Å². The predicted octanol–water partition coefficient (Wildman–Crippen LogP) is 2.32. The number of hydrogen-bond donors (Lipinski definition) is 1. The molecule has 3 nitrogen and oxygen atoms in total. The number of nitrogens with one attached hydrogen (secondary N) is 1. The maximum atomic E-state index is 4.55. The van der Waals surface area contributed by atoms with Crippen LogP contribution in [0.25, 0.3) is 0 Å². The van der Waals surface area contributed by atoms with Gasteiger partial charge in [-0.05, 0) is 24.2 Å². The van der Waals surface area contributed by atoms with E-state index in [0.29, 0.717) is 0 Å². The molecule has 0 saturated carbocycles. The largest absolute Gasteiger partial charge is 0.348 e. The summed E-state index contributed by atoms with van der Waals surface area (Å²) in [6, 6.07) is 12.8. The molecule has 1 aromatic heterocycles. The van der Waals surface area contributed by atoms with Gasteiger partial charge in [0.05, 0.1) is 0 Å². The molecule has 0 radical (unpaired) electrons. The number of pyridine rings is 1. The van der Waals surface area contributed by atoms with Gasteiger partial charge in [-0.2, -0.15) is 0 Å². The summed E-state index contributed by atoms with van der Waals surface area (Å²) >= 11 is 0. The quantitative estimate of drug-likeness (QED) is 0.891. The number of benzene rings is 1. The van der Waals surface area contributed by atoms with Crippen molar-refractivity contribution in [3.8, 4) is 0 Å². The van der Waals surface area contributed by atoms with Gasteiger partial charge in [0.25, 0.3) is 0 Å². The van der Waals surface area contributed by atoms with E-state index in [1.807, 2.05) is 19.3 Å². The smallest absolute Gasteiger partial charge is 0.133 e. The van der Waals surface area contributed by atoms with Gasteiger partial charge >= 0.3 is 0 Å². The Balaban J connectivity index is 1.90. The summed E-state index contributed by atoms with van der Waals surface area (Å²) in [5.74, 6) is 1.10. The summed E-state index contributed by atoms with van der Waals surface area (Å²) in [7, 11) is 1.97. The molecule has 0 unspecified atom stereocenters. The minimum Gasteiger partial charge on any atom is -0.348 e. The van der Waals surface area contributed by atoms with E-state index in [1.165, 1.54) is 16.7 Å². The summed E-state index contributed by atoms with van der Waals surface area (Å²) in [4.78, 5) is 6.89. The van der Waals surface area contributed by atoms with Crippen molar-refractivity contribution < 1.29 is 0 Å². The highest BCUT2D eigenvalue weighted by Gasteiger charge is 2.21. The zero-order chi connectivity index (χ0) is 12.4. The van der Waals surface area contributed by atoms with Crippen LogP contribution in [0, 0.1) is 0 Å². The molecule has 1 aromatic carbocycles. The van der Waals surface area contributed by atoms with Gasteiger partial charge in [0.2, 0.25) is 0 Å². The van der Waals surface area contributed by atoms with E-state index < -0.39 is 0 Å². The highest BCUT2D eigenvalue weighted by molar-refractivity contribution is 5.51. The molecule has 1 aliphatic rings. The van der Waals surface area contributed by atoms with E-state index in [4.69, 9.17) is 0 Å². The Labute approximate surface area is 107 Å². The number of fused-ring (bicyclic) bond motifs is 1. The van der Waals surface area contributed by atoms with Gasteiger partial charge in [0.1, 0.15) is 5.82 Å². The summed E-state index contributed by atoms with van der Waals surface area (Å²) in [5, 5.41) is 3.20. The zero-order valence-corrected chi connectivity index (χ0v) is 10.6. The van der Waals surface area contributed by atoms with Gasteiger partial charge in [-0.25, -0.2) is 4.98 Å². The van der Waals surface area contributed by atoms with E-state index in [0.717, 1.165) is 25.5 Å². The van der Waals surface area contributed by atoms with Crippen molar-refractivity contribution in [2.75, 3.05) is 11.9 Å². The fourth-order valence-corrected chi connectivity index (χ4v) is 2.53. The molecule has 0 saturated heterocycles. The van der Waals surface area contributed by atoms with Crippen LogP contribution in [0.15, 0.2) is 42.6 Å². The number of rotatable bonds is 3. The van der Waals surface area contributed by atoms with Crippen molar-refractivity contribution in [2.24, 2.45) is 0 Å². The third-order valence-corrected chi connectivity index (χ3v) is 3.38. The Morgan fingerprint density at radius 2 is 1.83 bits per heavy atom. The topological polar surface area (TPSA) is 28.2 Å². The lowest BCUT2D eigenvalue weighted by Gasteiger charge is -2.19. The van der Waals surface area contributed by atoms with Crippen molar-refractivity contribution in [3.05, 3.63) is 59.3 Å². The van der Waals surface area contributed by atoms with E-state index >= 15 is 0 Å². The average molecular weight is 239 g/mol. The van der Waals surface area contributed by atoms with Gasteiger partial charge in [-0.3, -0.25) is 0 Å². The van der Waals surface area contributed by atoms with Crippen molar-refractivity contribution in [2.45, 2.75) is 19.6 Å². The first-order chi connectivity index (χ1) is 8.88. The van der Waals surface area contributed by atoms with Gasteiger partial charge in [-0.1, -0.05) is 30.3 Å². The Kier molecular flexibility index (Phi) is 2.99. The lowest BCUT2D eigenvalue weighted by Crippen LogP contribution is -2.19. The predicted molar refractivity (Wildman–Crippen MR) is 73.3 cm³/mol. The standard InChI is InChI=1S/C15H17N3/c1-16-9-12-7-4-8-17-15(12)18-10-13-5-2-3-6-14(13)11-18/h2-8,16H,9-11H2,1H3. The summed E-state index contributed by atoms with van der Waals surface area (Å²) < 4.78 is 0. The number of nitrogens with zero attached hydrogens (tertiary/aromatic N) is 2. The minimum atomic E-state index is 0.857. The first-order valence-electron chi connectivity index (χ1n) is 6.28. The highest BCUT2D eigenvalue weighted by Crippen LogP contribution is 2.28. The Morgan fingerprint density at radius 3 is 2.50 bits per heavy atom. The van der Waals surface area contributed by atoms with E-state index in [1.54, 1.807) is 0 Å². The fraction of sp³-hybridized carbons (Fsp3) is 0.267. The van der Waals surface area contributed by atoms with Crippen molar-refractivity contribution in [3.63, 3.8) is 0 Å². The second-order valence-electron chi connectivity index (χ2n) is 4.64. The molecule has 2 heterocycles. The average Bonchev–Trinajstić information content (AvgIpc) is 2.83. The number of anilines is 1. The highest BCUT2D eigenvalue weighted by atomic mass is 15.2. The van der Waals surface area contributed by atoms with Gasteiger partial charge in [-0.15, -0.1) is 0 Å². The molecule has 18 heavy (non-hydrogen) atoms. The van der Waals surface area contributed by atoms with Crippen molar-refractivity contribution in [1.29, 1.82) is 0 Å². The van der Waals surface area contributed by atoms with E-state index in [-0.39, 0.29) is 0 Å². The molecule has 3 rings (SSSR count). The summed E-state index contributed by atoms with van der Waals surface area (Å²) in [6.07, 6.45) is 1.87. The lowest BCUT2D eigenvalue weighted by atomic mass is 10.1. The van der Waals surface area contributed by atoms with Crippen LogP contribution in [0.2, 0.25) is 0 Å². The molecule has 0 atom stereocenters. The van der Waals surface area contributed by atoms with Crippen LogP contribution in [0.1, 0.15) is 16.7 Å². The summed E-state index contributed by atoms with van der Waals surface area (Å²) in [6.45, 7) is 2.78. The molecule has 0 spiro atoms. The molecule has 0 amide bonds. The summed E-state index contributed by atoms with van der Waals surface area (Å²) in [5.41, 5.74) is 4.09. The molecule has 92 valence electrons. The third-order valence-electron chi connectivity index (χ3n) is 3.38. The SMILES string of the molecule is CNCc1cccnc1N1Cc2ccccc2C1. The first-order valence-corrected chi connectivity index (χ1v) is 6.28. The molecule has 0 bridgehead atoms. The van der Waals surface area contributed by atoms with Crippen LogP contribution in [-0.4, -0.2) is 12.0 Å². The second kappa shape index (κ2) is 4.78. The Hall–Kier alpha value is -1.87. The molecular weight excluding hydrogens is 222 g/mol. The van der Waals surface area contributed by atoms with Crippen LogP contribution in [0.4, 0.5) is 5.82 Å². The maximum absolute atomic E-state index is 4.55. The molecular formula is C15H17N3. The van der Waals surface area contributed by atoms with Gasteiger partial charge < -0.3 is 10.2 Å². The van der Waals surface area contributed by atoms with Crippen LogP contribution in [0.3, 0.4) is 0 Å². The first kappa shape index (κ1) is 11.2. The Bertz CT molecular complexity index is 526. The molecule has 0 aliphatic carbocycles. The lowest BCUT2D eigenvalue weighted by molar-refractivity contribution is 0.784. The van der Waals surface area contributed by atoms with Crippen molar-refractivity contribution >= 4 is 5.82 Å².